The number of para-hydroxylation sites is 1. The van der Waals surface area contributed by atoms with E-state index in [2.05, 4.69) is 22.3 Å². The molecule has 1 unspecified atom stereocenters. The molecule has 0 bridgehead atoms. The van der Waals surface area contributed by atoms with Gasteiger partial charge in [-0.1, -0.05) is 18.2 Å². The van der Waals surface area contributed by atoms with Crippen LogP contribution >= 0.6 is 0 Å². The second-order valence-corrected chi connectivity index (χ2v) is 6.95. The number of nitrogens with one attached hydrogen (secondary N) is 1. The Labute approximate surface area is 151 Å². The molecule has 1 aromatic rings. The molecule has 5 nitrogen and oxygen atoms in total. The van der Waals surface area contributed by atoms with Crippen molar-refractivity contribution in [3.8, 4) is 0 Å². The number of hydrogen-bond donors (Lipinski definition) is 1. The maximum absolute atomic E-state index is 12.5. The van der Waals surface area contributed by atoms with Crippen molar-refractivity contribution in [3.63, 3.8) is 0 Å². The normalized spacial score (nSPS) is 22.3. The fourth-order valence-corrected chi connectivity index (χ4v) is 3.60. The van der Waals surface area contributed by atoms with Gasteiger partial charge in [0.15, 0.2) is 0 Å². The van der Waals surface area contributed by atoms with Gasteiger partial charge in [0.25, 0.3) is 0 Å². The number of piperidine rings is 1. The summed E-state index contributed by atoms with van der Waals surface area (Å²) in [5.41, 5.74) is 1.15. The van der Waals surface area contributed by atoms with Crippen LogP contribution in [-0.4, -0.2) is 73.9 Å². The molecule has 0 radical (unpaired) electrons. The average molecular weight is 370 g/mol. The molecule has 2 amide bonds. The largest absolute Gasteiger partial charge is 0.401 e. The Balaban J connectivity index is 1.46. The van der Waals surface area contributed by atoms with E-state index in [-0.39, 0.29) is 25.2 Å². The Morgan fingerprint density at radius 1 is 1.08 bits per heavy atom. The first-order valence-electron chi connectivity index (χ1n) is 9.05. The third kappa shape index (κ3) is 5.27. The molecule has 2 saturated heterocycles. The van der Waals surface area contributed by atoms with Gasteiger partial charge < -0.3 is 15.1 Å². The summed E-state index contributed by atoms with van der Waals surface area (Å²) in [7, 11) is 0. The zero-order valence-electron chi connectivity index (χ0n) is 14.7. The third-order valence-electron chi connectivity index (χ3n) is 4.93. The third-order valence-corrected chi connectivity index (χ3v) is 4.93. The van der Waals surface area contributed by atoms with Gasteiger partial charge in [0.05, 0.1) is 6.54 Å². The fraction of sp³-hybridized carbons (Fsp3) is 0.611. The molecule has 0 spiro atoms. The molecule has 0 saturated carbocycles. The van der Waals surface area contributed by atoms with Gasteiger partial charge in [0, 0.05) is 51.0 Å². The van der Waals surface area contributed by atoms with Crippen molar-refractivity contribution in [2.75, 3.05) is 50.7 Å². The van der Waals surface area contributed by atoms with E-state index >= 15 is 0 Å². The number of urea groups is 1. The topological polar surface area (TPSA) is 38.8 Å². The van der Waals surface area contributed by atoms with Crippen molar-refractivity contribution < 1.29 is 18.0 Å². The number of piperazine rings is 1. The Kier molecular flexibility index (Phi) is 5.90. The Morgan fingerprint density at radius 3 is 2.42 bits per heavy atom. The number of nitrogens with zero attached hydrogens (tertiary/aromatic N) is 3. The van der Waals surface area contributed by atoms with Crippen molar-refractivity contribution in [2.24, 2.45) is 0 Å². The first kappa shape index (κ1) is 18.8. The lowest BCUT2D eigenvalue weighted by Gasteiger charge is -2.38. The molecule has 1 aromatic carbocycles. The smallest absolute Gasteiger partial charge is 0.369 e. The molecule has 26 heavy (non-hydrogen) atoms. The second kappa shape index (κ2) is 8.16. The van der Waals surface area contributed by atoms with E-state index in [4.69, 9.17) is 0 Å². The highest BCUT2D eigenvalue weighted by Gasteiger charge is 2.33. The lowest BCUT2D eigenvalue weighted by atomic mass is 10.0. The Morgan fingerprint density at radius 2 is 1.77 bits per heavy atom. The first-order valence-corrected chi connectivity index (χ1v) is 9.05. The molecule has 2 heterocycles. The average Bonchev–Trinajstić information content (AvgIpc) is 2.62. The SMILES string of the molecule is O=C(NC1CCCN(c2ccccc2)C1)N1CCN(CC(F)(F)F)CC1. The highest BCUT2D eigenvalue weighted by Crippen LogP contribution is 2.20. The van der Waals surface area contributed by atoms with Crippen LogP contribution in [0.3, 0.4) is 0 Å². The second-order valence-electron chi connectivity index (χ2n) is 6.95. The Bertz CT molecular complexity index is 588. The predicted molar refractivity (Wildman–Crippen MR) is 94.3 cm³/mol. The van der Waals surface area contributed by atoms with Crippen molar-refractivity contribution in [2.45, 2.75) is 25.1 Å². The molecule has 0 aromatic heterocycles. The summed E-state index contributed by atoms with van der Waals surface area (Å²) in [6.45, 7) is 1.99. The maximum atomic E-state index is 12.5. The van der Waals surface area contributed by atoms with Crippen molar-refractivity contribution >= 4 is 11.7 Å². The van der Waals surface area contributed by atoms with Crippen LogP contribution in [0, 0.1) is 0 Å². The number of halogens is 3. The summed E-state index contributed by atoms with van der Waals surface area (Å²) in [4.78, 5) is 17.7. The van der Waals surface area contributed by atoms with Gasteiger partial charge in [0.1, 0.15) is 0 Å². The number of rotatable bonds is 3. The van der Waals surface area contributed by atoms with E-state index < -0.39 is 12.7 Å². The summed E-state index contributed by atoms with van der Waals surface area (Å²) in [6, 6.07) is 9.98. The number of carbonyl (C=O) groups excluding carboxylic acids is 1. The molecule has 2 fully saturated rings. The van der Waals surface area contributed by atoms with Crippen LogP contribution in [-0.2, 0) is 0 Å². The predicted octanol–water partition coefficient (Wildman–Crippen LogP) is 2.54. The lowest BCUT2D eigenvalue weighted by molar-refractivity contribution is -0.148. The molecule has 2 aliphatic heterocycles. The van der Waals surface area contributed by atoms with E-state index in [9.17, 15) is 18.0 Å². The highest BCUT2D eigenvalue weighted by atomic mass is 19.4. The zero-order valence-corrected chi connectivity index (χ0v) is 14.7. The molecule has 2 aliphatic rings. The fourth-order valence-electron chi connectivity index (χ4n) is 3.60. The molecular weight excluding hydrogens is 345 g/mol. The molecule has 144 valence electrons. The molecule has 1 N–H and O–H groups in total. The van der Waals surface area contributed by atoms with Gasteiger partial charge in [-0.15, -0.1) is 0 Å². The lowest BCUT2D eigenvalue weighted by Crippen LogP contribution is -2.56. The molecule has 3 rings (SSSR count). The summed E-state index contributed by atoms with van der Waals surface area (Å²) in [5, 5.41) is 3.06. The van der Waals surface area contributed by atoms with Crippen LogP contribution in [0.15, 0.2) is 30.3 Å². The molecule has 0 aliphatic carbocycles. The summed E-state index contributed by atoms with van der Waals surface area (Å²) < 4.78 is 37.3. The number of hydrogen-bond acceptors (Lipinski definition) is 3. The standard InChI is InChI=1S/C18H25F3N4O/c19-18(20,21)14-23-9-11-24(12-10-23)17(26)22-15-5-4-8-25(13-15)16-6-2-1-3-7-16/h1-3,6-7,15H,4-5,8-14H2,(H,22,26). The van der Waals surface area contributed by atoms with Gasteiger partial charge in [-0.25, -0.2) is 4.79 Å². The number of alkyl halides is 3. The quantitative estimate of drug-likeness (QED) is 0.889. The van der Waals surface area contributed by atoms with Crippen LogP contribution in [0.25, 0.3) is 0 Å². The van der Waals surface area contributed by atoms with Crippen molar-refractivity contribution in [1.29, 1.82) is 0 Å². The van der Waals surface area contributed by atoms with Crippen LogP contribution in [0.4, 0.5) is 23.7 Å². The maximum Gasteiger partial charge on any atom is 0.401 e. The van der Waals surface area contributed by atoms with Gasteiger partial charge in [-0.05, 0) is 25.0 Å². The highest BCUT2D eigenvalue weighted by molar-refractivity contribution is 5.74. The Hall–Kier alpha value is -1.96. The van der Waals surface area contributed by atoms with Crippen molar-refractivity contribution in [3.05, 3.63) is 30.3 Å². The minimum atomic E-state index is -4.19. The van der Waals surface area contributed by atoms with Gasteiger partial charge in [-0.2, -0.15) is 13.2 Å². The van der Waals surface area contributed by atoms with E-state index in [0.717, 1.165) is 31.6 Å². The summed E-state index contributed by atoms with van der Waals surface area (Å²) in [5.74, 6) is 0. The number of amides is 2. The van der Waals surface area contributed by atoms with Gasteiger partial charge >= 0.3 is 12.2 Å². The van der Waals surface area contributed by atoms with E-state index in [1.165, 1.54) is 4.90 Å². The van der Waals surface area contributed by atoms with Crippen LogP contribution in [0.5, 0.6) is 0 Å². The molecular formula is C18H25F3N4O. The number of anilines is 1. The first-order chi connectivity index (χ1) is 12.4. The van der Waals surface area contributed by atoms with E-state index in [1.54, 1.807) is 4.90 Å². The minimum absolute atomic E-state index is 0.0599. The zero-order chi connectivity index (χ0) is 18.6. The van der Waals surface area contributed by atoms with Gasteiger partial charge in [0.2, 0.25) is 0 Å². The monoisotopic (exact) mass is 370 g/mol. The molecule has 8 heteroatoms. The summed E-state index contributed by atoms with van der Waals surface area (Å²) >= 11 is 0. The minimum Gasteiger partial charge on any atom is -0.369 e. The van der Waals surface area contributed by atoms with Crippen LogP contribution < -0.4 is 10.2 Å². The number of carbonyl (C=O) groups is 1. The number of benzene rings is 1. The van der Waals surface area contributed by atoms with E-state index in [1.807, 2.05) is 18.2 Å². The molecule has 1 atom stereocenters. The van der Waals surface area contributed by atoms with E-state index in [0.29, 0.717) is 13.1 Å². The van der Waals surface area contributed by atoms with Gasteiger partial charge in [-0.3, -0.25) is 4.90 Å². The van der Waals surface area contributed by atoms with Crippen molar-refractivity contribution in [1.82, 2.24) is 15.1 Å². The summed E-state index contributed by atoms with van der Waals surface area (Å²) in [6.07, 6.45) is -2.27. The van der Waals surface area contributed by atoms with Crippen LogP contribution in [0.2, 0.25) is 0 Å². The van der Waals surface area contributed by atoms with Crippen LogP contribution in [0.1, 0.15) is 12.8 Å².